The van der Waals surface area contributed by atoms with E-state index in [2.05, 4.69) is 55.3 Å². The molecule has 2 aromatic rings. The van der Waals surface area contributed by atoms with Crippen LogP contribution in [0.2, 0.25) is 0 Å². The van der Waals surface area contributed by atoms with Crippen LogP contribution in [0, 0.1) is 0 Å². The summed E-state index contributed by atoms with van der Waals surface area (Å²) < 4.78 is 0. The molecule has 0 radical (unpaired) electrons. The number of aliphatic imine (C=N–C) groups is 1. The van der Waals surface area contributed by atoms with E-state index in [1.807, 2.05) is 0 Å². The third kappa shape index (κ3) is 2.21. The van der Waals surface area contributed by atoms with E-state index in [-0.39, 0.29) is 12.4 Å². The zero-order valence-corrected chi connectivity index (χ0v) is 12.2. The summed E-state index contributed by atoms with van der Waals surface area (Å²) in [7, 11) is 2.11. The fourth-order valence-electron chi connectivity index (χ4n) is 2.62. The number of hydrogen-bond donors (Lipinski definition) is 0. The van der Waals surface area contributed by atoms with E-state index in [1.54, 1.807) is 0 Å². The van der Waals surface area contributed by atoms with Gasteiger partial charge in [-0.1, -0.05) is 43.7 Å². The van der Waals surface area contributed by atoms with Gasteiger partial charge >= 0.3 is 0 Å². The number of unbranched alkanes of at least 4 members (excludes halogenated alkanes) is 1. The minimum Gasteiger partial charge on any atom is -0.329 e. The SMILES string of the molecule is CCCCN=C1c2cccc3cccc(c23)N1C.Cl. The highest BCUT2D eigenvalue weighted by Gasteiger charge is 2.24. The van der Waals surface area contributed by atoms with E-state index in [4.69, 9.17) is 4.99 Å². The molecular weight excluding hydrogens is 256 g/mol. The van der Waals surface area contributed by atoms with Gasteiger partial charge in [0.2, 0.25) is 0 Å². The Morgan fingerprint density at radius 2 is 1.84 bits per heavy atom. The molecule has 0 saturated carbocycles. The number of amidine groups is 1. The van der Waals surface area contributed by atoms with Crippen LogP contribution in [0.15, 0.2) is 41.4 Å². The number of halogens is 1. The van der Waals surface area contributed by atoms with Crippen molar-refractivity contribution in [2.45, 2.75) is 19.8 Å². The summed E-state index contributed by atoms with van der Waals surface area (Å²) in [5.74, 6) is 1.12. The molecule has 1 aliphatic rings. The topological polar surface area (TPSA) is 15.6 Å². The Hall–Kier alpha value is -1.54. The maximum atomic E-state index is 4.78. The van der Waals surface area contributed by atoms with E-state index < -0.39 is 0 Å². The molecule has 100 valence electrons. The Balaban J connectivity index is 0.00000133. The Bertz CT molecular complexity index is 614. The van der Waals surface area contributed by atoms with Crippen LogP contribution >= 0.6 is 12.4 Å². The van der Waals surface area contributed by atoms with Gasteiger partial charge in [0, 0.05) is 24.5 Å². The van der Waals surface area contributed by atoms with Gasteiger partial charge in [0.15, 0.2) is 0 Å². The summed E-state index contributed by atoms with van der Waals surface area (Å²) in [4.78, 5) is 6.99. The highest BCUT2D eigenvalue weighted by molar-refractivity contribution is 6.26. The quantitative estimate of drug-likeness (QED) is 0.764. The molecule has 0 N–H and O–H groups in total. The average Bonchev–Trinajstić information content (AvgIpc) is 2.67. The lowest BCUT2D eigenvalue weighted by Gasteiger charge is -2.14. The van der Waals surface area contributed by atoms with Gasteiger partial charge in [-0.2, -0.15) is 0 Å². The van der Waals surface area contributed by atoms with Gasteiger partial charge in [-0.15, -0.1) is 12.4 Å². The fraction of sp³-hybridized carbons (Fsp3) is 0.312. The van der Waals surface area contributed by atoms with E-state index in [0.717, 1.165) is 18.8 Å². The zero-order chi connectivity index (χ0) is 12.5. The van der Waals surface area contributed by atoms with Gasteiger partial charge < -0.3 is 4.90 Å². The molecule has 0 fully saturated rings. The van der Waals surface area contributed by atoms with Gasteiger partial charge in [-0.3, -0.25) is 4.99 Å². The predicted molar refractivity (Wildman–Crippen MR) is 85.9 cm³/mol. The first-order valence-corrected chi connectivity index (χ1v) is 6.63. The van der Waals surface area contributed by atoms with Crippen molar-refractivity contribution in [1.82, 2.24) is 0 Å². The second-order valence-corrected chi connectivity index (χ2v) is 4.80. The summed E-state index contributed by atoms with van der Waals surface area (Å²) in [6.07, 6.45) is 2.35. The van der Waals surface area contributed by atoms with Crippen molar-refractivity contribution in [1.29, 1.82) is 0 Å². The Labute approximate surface area is 120 Å². The summed E-state index contributed by atoms with van der Waals surface area (Å²) in [5, 5.41) is 2.65. The minimum atomic E-state index is 0. The fourth-order valence-corrected chi connectivity index (χ4v) is 2.62. The van der Waals surface area contributed by atoms with E-state index in [1.165, 1.54) is 28.4 Å². The monoisotopic (exact) mass is 274 g/mol. The van der Waals surface area contributed by atoms with Gasteiger partial charge in [0.05, 0.1) is 5.69 Å². The Morgan fingerprint density at radius 1 is 1.11 bits per heavy atom. The molecule has 2 aromatic carbocycles. The Morgan fingerprint density at radius 3 is 2.58 bits per heavy atom. The first-order chi connectivity index (χ1) is 8.83. The van der Waals surface area contributed by atoms with Crippen LogP contribution in [0.25, 0.3) is 10.8 Å². The molecule has 0 saturated heterocycles. The largest absolute Gasteiger partial charge is 0.329 e. The molecule has 0 unspecified atom stereocenters. The zero-order valence-electron chi connectivity index (χ0n) is 11.4. The van der Waals surface area contributed by atoms with Gasteiger partial charge in [0.25, 0.3) is 0 Å². The molecule has 0 atom stereocenters. The third-order valence-corrected chi connectivity index (χ3v) is 3.58. The van der Waals surface area contributed by atoms with E-state index in [9.17, 15) is 0 Å². The van der Waals surface area contributed by atoms with Crippen molar-refractivity contribution in [3.63, 3.8) is 0 Å². The lowest BCUT2D eigenvalue weighted by molar-refractivity contribution is 0.807. The molecule has 0 aliphatic carbocycles. The minimum absolute atomic E-state index is 0. The molecule has 0 spiro atoms. The van der Waals surface area contributed by atoms with Crippen LogP contribution in [0.3, 0.4) is 0 Å². The van der Waals surface area contributed by atoms with Gasteiger partial charge in [-0.25, -0.2) is 0 Å². The predicted octanol–water partition coefficient (Wildman–Crippen LogP) is 4.26. The van der Waals surface area contributed by atoms with Crippen molar-refractivity contribution >= 4 is 34.7 Å². The molecule has 0 aromatic heterocycles. The highest BCUT2D eigenvalue weighted by atomic mass is 35.5. The summed E-state index contributed by atoms with van der Waals surface area (Å²) >= 11 is 0. The molecule has 0 amide bonds. The molecule has 1 heterocycles. The maximum Gasteiger partial charge on any atom is 0.135 e. The highest BCUT2D eigenvalue weighted by Crippen LogP contribution is 2.36. The van der Waals surface area contributed by atoms with Gasteiger partial charge in [0.1, 0.15) is 5.84 Å². The van der Waals surface area contributed by atoms with Crippen LogP contribution in [-0.2, 0) is 0 Å². The molecule has 1 aliphatic heterocycles. The normalized spacial score (nSPS) is 15.1. The number of hydrogen-bond acceptors (Lipinski definition) is 1. The summed E-state index contributed by atoms with van der Waals surface area (Å²) in [6.45, 7) is 3.12. The van der Waals surface area contributed by atoms with Crippen molar-refractivity contribution in [3.05, 3.63) is 42.0 Å². The van der Waals surface area contributed by atoms with Crippen molar-refractivity contribution < 1.29 is 0 Å². The first kappa shape index (κ1) is 13.9. The first-order valence-electron chi connectivity index (χ1n) is 6.63. The second kappa shape index (κ2) is 5.62. The number of nitrogens with zero attached hydrogens (tertiary/aromatic N) is 2. The molecule has 2 nitrogen and oxygen atoms in total. The number of benzene rings is 2. The van der Waals surface area contributed by atoms with Crippen LogP contribution < -0.4 is 4.90 Å². The molecule has 3 heteroatoms. The van der Waals surface area contributed by atoms with Crippen molar-refractivity contribution in [2.24, 2.45) is 4.99 Å². The summed E-state index contributed by atoms with van der Waals surface area (Å²) in [5.41, 5.74) is 2.56. The van der Waals surface area contributed by atoms with E-state index >= 15 is 0 Å². The standard InChI is InChI=1S/C16H18N2.ClH/c1-3-4-11-17-16-13-9-5-7-12-8-6-10-14(15(12)13)18(16)2;/h5-10H,3-4,11H2,1-2H3;1H. The smallest absolute Gasteiger partial charge is 0.135 e. The number of rotatable bonds is 3. The van der Waals surface area contributed by atoms with Crippen LogP contribution in [0.1, 0.15) is 25.3 Å². The number of anilines is 1. The average molecular weight is 275 g/mol. The van der Waals surface area contributed by atoms with Crippen molar-refractivity contribution in [3.8, 4) is 0 Å². The lowest BCUT2D eigenvalue weighted by Crippen LogP contribution is -2.22. The van der Waals surface area contributed by atoms with Crippen LogP contribution in [0.5, 0.6) is 0 Å². The van der Waals surface area contributed by atoms with Crippen LogP contribution in [-0.4, -0.2) is 19.4 Å². The van der Waals surface area contributed by atoms with Crippen LogP contribution in [0.4, 0.5) is 5.69 Å². The molecule has 0 bridgehead atoms. The van der Waals surface area contributed by atoms with Crippen molar-refractivity contribution in [2.75, 3.05) is 18.5 Å². The molecule has 3 rings (SSSR count). The second-order valence-electron chi connectivity index (χ2n) is 4.80. The maximum absolute atomic E-state index is 4.78. The third-order valence-electron chi connectivity index (χ3n) is 3.58. The summed E-state index contributed by atoms with van der Waals surface area (Å²) in [6, 6.07) is 12.9. The molecular formula is C16H19ClN2. The van der Waals surface area contributed by atoms with E-state index in [0.29, 0.717) is 0 Å². The Kier molecular flexibility index (Phi) is 4.11. The molecule has 19 heavy (non-hydrogen) atoms. The lowest BCUT2D eigenvalue weighted by atomic mass is 10.1. The van der Waals surface area contributed by atoms with Gasteiger partial charge in [-0.05, 0) is 17.9 Å².